The van der Waals surface area contributed by atoms with E-state index in [4.69, 9.17) is 0 Å². The summed E-state index contributed by atoms with van der Waals surface area (Å²) in [5, 5.41) is 3.00. The second-order valence-electron chi connectivity index (χ2n) is 5.30. The number of ether oxygens (including phenoxy) is 1. The van der Waals surface area contributed by atoms with Gasteiger partial charge >= 0.3 is 6.61 Å². The van der Waals surface area contributed by atoms with Crippen LogP contribution in [0.1, 0.15) is 36.0 Å². The van der Waals surface area contributed by atoms with Crippen LogP contribution in [0.15, 0.2) is 42.7 Å². The molecule has 0 spiro atoms. The minimum Gasteiger partial charge on any atom is -0.435 e. The zero-order valence-corrected chi connectivity index (χ0v) is 12.2. The fourth-order valence-corrected chi connectivity index (χ4v) is 2.73. The van der Waals surface area contributed by atoms with Gasteiger partial charge in [0.1, 0.15) is 5.75 Å². The first-order valence-corrected chi connectivity index (χ1v) is 7.32. The molecule has 1 aromatic carbocycles. The average molecular weight is 307 g/mol. The Morgan fingerprint density at radius 1 is 1.32 bits per heavy atom. The molecule has 5 heteroatoms. The molecule has 118 valence electrons. The van der Waals surface area contributed by atoms with Gasteiger partial charge in [0.2, 0.25) is 0 Å². The third-order valence-corrected chi connectivity index (χ3v) is 3.81. The topological polar surface area (TPSA) is 38.3 Å². The number of rotatable bonds is 5. The van der Waals surface area contributed by atoms with Crippen molar-refractivity contribution >= 4 is 5.91 Å². The number of carbonyl (C=O) groups excluding carboxylic acids is 1. The van der Waals surface area contributed by atoms with Gasteiger partial charge in [0.15, 0.2) is 0 Å². The third kappa shape index (κ3) is 4.43. The molecule has 1 amide bonds. The van der Waals surface area contributed by atoms with Crippen molar-refractivity contribution in [3.63, 3.8) is 0 Å². The monoisotopic (exact) mass is 307 g/mol. The molecule has 0 aliphatic heterocycles. The Labute approximate surface area is 128 Å². The molecule has 1 fully saturated rings. The second-order valence-corrected chi connectivity index (χ2v) is 5.30. The van der Waals surface area contributed by atoms with E-state index in [9.17, 15) is 13.6 Å². The summed E-state index contributed by atoms with van der Waals surface area (Å²) in [6.07, 6.45) is 6.04. The Hall–Kier alpha value is -2.13. The summed E-state index contributed by atoms with van der Waals surface area (Å²) in [5.41, 5.74) is 3.22. The van der Waals surface area contributed by atoms with Crippen molar-refractivity contribution in [1.29, 1.82) is 0 Å². The number of hydrogen-bond donors (Lipinski definition) is 1. The Morgan fingerprint density at radius 3 is 2.64 bits per heavy atom. The highest BCUT2D eigenvalue weighted by molar-refractivity contribution is 5.94. The van der Waals surface area contributed by atoms with Gasteiger partial charge in [-0.15, -0.1) is 5.73 Å². The van der Waals surface area contributed by atoms with E-state index in [0.717, 1.165) is 25.7 Å². The van der Waals surface area contributed by atoms with E-state index in [1.54, 1.807) is 0 Å². The van der Waals surface area contributed by atoms with Gasteiger partial charge in [-0.25, -0.2) is 0 Å². The maximum absolute atomic E-state index is 12.2. The van der Waals surface area contributed by atoms with E-state index < -0.39 is 6.61 Å². The number of halogens is 2. The molecule has 0 bridgehead atoms. The first-order chi connectivity index (χ1) is 10.6. The van der Waals surface area contributed by atoms with E-state index in [2.05, 4.69) is 22.4 Å². The Bertz CT molecular complexity index is 550. The van der Waals surface area contributed by atoms with Gasteiger partial charge in [-0.3, -0.25) is 4.79 Å². The average Bonchev–Trinajstić information content (AvgIpc) is 2.49. The maximum atomic E-state index is 12.2. The molecule has 1 aromatic rings. The lowest BCUT2D eigenvalue weighted by Gasteiger charge is -2.29. The van der Waals surface area contributed by atoms with Gasteiger partial charge in [-0.1, -0.05) is 19.4 Å². The number of carbonyl (C=O) groups is 1. The highest BCUT2D eigenvalue weighted by atomic mass is 19.3. The van der Waals surface area contributed by atoms with Crippen LogP contribution in [0, 0.1) is 5.92 Å². The summed E-state index contributed by atoms with van der Waals surface area (Å²) in [7, 11) is 0. The molecule has 1 N–H and O–H groups in total. The molecule has 0 radical (unpaired) electrons. The molecular weight excluding hydrogens is 288 g/mol. The zero-order chi connectivity index (χ0) is 15.9. The first kappa shape index (κ1) is 16.2. The molecule has 0 saturated heterocycles. The molecule has 1 aliphatic carbocycles. The highest BCUT2D eigenvalue weighted by Gasteiger charge is 2.24. The molecule has 2 unspecified atom stereocenters. The number of hydrogen-bond acceptors (Lipinski definition) is 2. The summed E-state index contributed by atoms with van der Waals surface area (Å²) < 4.78 is 28.4. The molecule has 2 rings (SSSR count). The van der Waals surface area contributed by atoms with E-state index in [1.807, 2.05) is 6.08 Å². The Balaban J connectivity index is 2.00. The van der Waals surface area contributed by atoms with Crippen LogP contribution in [0.25, 0.3) is 0 Å². The lowest BCUT2D eigenvalue weighted by Crippen LogP contribution is -2.41. The van der Waals surface area contributed by atoms with Crippen LogP contribution >= 0.6 is 0 Å². The molecule has 22 heavy (non-hydrogen) atoms. The Morgan fingerprint density at radius 2 is 2.00 bits per heavy atom. The molecule has 0 heterocycles. The van der Waals surface area contributed by atoms with Crippen LogP contribution in [0.4, 0.5) is 8.78 Å². The minimum atomic E-state index is -2.87. The lowest BCUT2D eigenvalue weighted by molar-refractivity contribution is -0.0498. The number of benzene rings is 1. The largest absolute Gasteiger partial charge is 0.435 e. The van der Waals surface area contributed by atoms with Crippen LogP contribution < -0.4 is 10.1 Å². The highest BCUT2D eigenvalue weighted by Crippen LogP contribution is 2.25. The van der Waals surface area contributed by atoms with Gasteiger partial charge < -0.3 is 10.1 Å². The zero-order valence-electron chi connectivity index (χ0n) is 12.2. The van der Waals surface area contributed by atoms with Crippen molar-refractivity contribution in [3.8, 4) is 5.75 Å². The number of nitrogens with one attached hydrogen (secondary N) is 1. The van der Waals surface area contributed by atoms with Crippen LogP contribution in [0.5, 0.6) is 5.75 Å². The molecular formula is C17H19F2NO2. The lowest BCUT2D eigenvalue weighted by atomic mass is 9.84. The van der Waals surface area contributed by atoms with E-state index in [0.29, 0.717) is 5.56 Å². The minimum absolute atomic E-state index is 0.0386. The van der Waals surface area contributed by atoms with E-state index >= 15 is 0 Å². The maximum Gasteiger partial charge on any atom is 0.387 e. The standard InChI is InChI=1S/C17H19F2NO2/c1-2-5-12-6-3-4-7-15(12)20-16(21)13-8-10-14(11-9-13)22-17(18)19/h5,8-12,15,17H,1,3-4,6-7H2,(H,20,21). The molecule has 3 nitrogen and oxygen atoms in total. The number of amides is 1. The van der Waals surface area contributed by atoms with Gasteiger partial charge in [0.05, 0.1) is 0 Å². The summed E-state index contributed by atoms with van der Waals surface area (Å²) >= 11 is 0. The van der Waals surface area contributed by atoms with E-state index in [1.165, 1.54) is 24.3 Å². The van der Waals surface area contributed by atoms with E-state index in [-0.39, 0.29) is 23.6 Å². The van der Waals surface area contributed by atoms with Crippen LogP contribution in [-0.4, -0.2) is 18.6 Å². The quantitative estimate of drug-likeness (QED) is 0.837. The van der Waals surface area contributed by atoms with Crippen molar-refractivity contribution in [2.45, 2.75) is 38.3 Å². The van der Waals surface area contributed by atoms with Gasteiger partial charge in [0.25, 0.3) is 5.91 Å². The molecule has 2 atom stereocenters. The predicted molar refractivity (Wildman–Crippen MR) is 80.0 cm³/mol. The molecule has 1 saturated carbocycles. The fraction of sp³-hybridized carbons (Fsp3) is 0.412. The predicted octanol–water partition coefficient (Wildman–Crippen LogP) is 3.92. The first-order valence-electron chi connectivity index (χ1n) is 7.32. The third-order valence-electron chi connectivity index (χ3n) is 3.81. The normalized spacial score (nSPS) is 21.0. The van der Waals surface area contributed by atoms with Crippen molar-refractivity contribution in [3.05, 3.63) is 48.2 Å². The van der Waals surface area contributed by atoms with Gasteiger partial charge in [-0.2, -0.15) is 8.78 Å². The summed E-state index contributed by atoms with van der Waals surface area (Å²) in [4.78, 5) is 12.2. The molecule has 0 aromatic heterocycles. The molecule has 1 aliphatic rings. The van der Waals surface area contributed by atoms with Crippen molar-refractivity contribution in [2.24, 2.45) is 5.92 Å². The van der Waals surface area contributed by atoms with Crippen molar-refractivity contribution < 1.29 is 18.3 Å². The second kappa shape index (κ2) is 7.76. The summed E-state index contributed by atoms with van der Waals surface area (Å²) in [6.45, 7) is 0.724. The smallest absolute Gasteiger partial charge is 0.387 e. The number of alkyl halides is 2. The Kier molecular flexibility index (Phi) is 5.73. The SMILES string of the molecule is C=C=CC1CCCCC1NC(=O)c1ccc(OC(F)F)cc1. The van der Waals surface area contributed by atoms with Crippen molar-refractivity contribution in [2.75, 3.05) is 0 Å². The van der Waals surface area contributed by atoms with Gasteiger partial charge in [0, 0.05) is 17.5 Å². The van der Waals surface area contributed by atoms with Crippen LogP contribution in [-0.2, 0) is 0 Å². The summed E-state index contributed by atoms with van der Waals surface area (Å²) in [5.74, 6) is 0.0753. The van der Waals surface area contributed by atoms with Crippen molar-refractivity contribution in [1.82, 2.24) is 5.32 Å². The van der Waals surface area contributed by atoms with Crippen LogP contribution in [0.2, 0.25) is 0 Å². The van der Waals surface area contributed by atoms with Crippen LogP contribution in [0.3, 0.4) is 0 Å². The summed E-state index contributed by atoms with van der Waals surface area (Å²) in [6, 6.07) is 5.75. The fourth-order valence-electron chi connectivity index (χ4n) is 2.73. The van der Waals surface area contributed by atoms with Gasteiger partial charge in [-0.05, 0) is 43.2 Å².